The summed E-state index contributed by atoms with van der Waals surface area (Å²) in [5, 5.41) is 2.77. The highest BCUT2D eigenvalue weighted by Crippen LogP contribution is 2.33. The molecule has 1 aliphatic rings. The first-order valence-electron chi connectivity index (χ1n) is 7.56. The van der Waals surface area contributed by atoms with Gasteiger partial charge in [-0.1, -0.05) is 6.07 Å². The molecule has 1 N–H and O–H groups in total. The number of anilines is 1. The Bertz CT molecular complexity index is 789. The van der Waals surface area contributed by atoms with Crippen molar-refractivity contribution in [3.05, 3.63) is 59.4 Å². The summed E-state index contributed by atoms with van der Waals surface area (Å²) in [5.41, 5.74) is 1.90. The highest BCUT2D eigenvalue weighted by atomic mass is 19.1. The van der Waals surface area contributed by atoms with Crippen molar-refractivity contribution in [1.82, 2.24) is 5.32 Å². The van der Waals surface area contributed by atoms with Crippen molar-refractivity contribution < 1.29 is 18.7 Å². The van der Waals surface area contributed by atoms with Crippen LogP contribution in [0.25, 0.3) is 0 Å². The first kappa shape index (κ1) is 16.0. The second-order valence-electron chi connectivity index (χ2n) is 5.65. The summed E-state index contributed by atoms with van der Waals surface area (Å²) in [5.74, 6) is -0.154. The summed E-state index contributed by atoms with van der Waals surface area (Å²) in [4.78, 5) is 25.6. The predicted octanol–water partition coefficient (Wildman–Crippen LogP) is 2.50. The lowest BCUT2D eigenvalue weighted by Crippen LogP contribution is -2.42. The summed E-state index contributed by atoms with van der Waals surface area (Å²) in [6.07, 6.45) is -0.508. The highest BCUT2D eigenvalue weighted by Gasteiger charge is 2.28. The molecule has 0 bridgehead atoms. The molecule has 0 saturated carbocycles. The molecule has 1 heterocycles. The van der Waals surface area contributed by atoms with E-state index in [1.54, 1.807) is 24.9 Å². The fourth-order valence-electron chi connectivity index (χ4n) is 2.55. The van der Waals surface area contributed by atoms with E-state index in [1.807, 2.05) is 12.1 Å². The number of rotatable bonds is 3. The number of carbonyl (C=O) groups is 2. The van der Waals surface area contributed by atoms with E-state index < -0.39 is 6.10 Å². The van der Waals surface area contributed by atoms with Crippen LogP contribution >= 0.6 is 0 Å². The van der Waals surface area contributed by atoms with Crippen molar-refractivity contribution in [3.8, 4) is 5.75 Å². The van der Waals surface area contributed by atoms with Crippen molar-refractivity contribution in [2.75, 3.05) is 11.9 Å². The molecular weight excluding hydrogens is 311 g/mol. The van der Waals surface area contributed by atoms with E-state index in [0.29, 0.717) is 23.5 Å². The largest absolute Gasteiger partial charge is 0.479 e. The molecule has 6 heteroatoms. The summed E-state index contributed by atoms with van der Waals surface area (Å²) in [7, 11) is 1.70. The van der Waals surface area contributed by atoms with Gasteiger partial charge in [-0.15, -0.1) is 0 Å². The minimum absolute atomic E-state index is 0.116. The molecule has 1 atom stereocenters. The Morgan fingerprint density at radius 2 is 1.96 bits per heavy atom. The van der Waals surface area contributed by atoms with Gasteiger partial charge in [0.1, 0.15) is 11.6 Å². The number of benzene rings is 2. The summed E-state index contributed by atoms with van der Waals surface area (Å²) >= 11 is 0. The topological polar surface area (TPSA) is 58.6 Å². The molecule has 0 aliphatic carbocycles. The van der Waals surface area contributed by atoms with Crippen molar-refractivity contribution in [2.45, 2.75) is 19.6 Å². The molecular formula is C18H17FN2O3. The molecule has 2 aromatic rings. The molecule has 0 fully saturated rings. The zero-order valence-electron chi connectivity index (χ0n) is 13.4. The van der Waals surface area contributed by atoms with Gasteiger partial charge in [-0.05, 0) is 48.9 Å². The number of fused-ring (bicyclic) bond motifs is 1. The van der Waals surface area contributed by atoms with Gasteiger partial charge in [0.25, 0.3) is 11.8 Å². The summed E-state index contributed by atoms with van der Waals surface area (Å²) in [6.45, 7) is 2.00. The maximum atomic E-state index is 12.9. The molecule has 5 nitrogen and oxygen atoms in total. The normalized spacial score (nSPS) is 16.4. The lowest BCUT2D eigenvalue weighted by atomic mass is 10.1. The van der Waals surface area contributed by atoms with E-state index in [9.17, 15) is 14.0 Å². The molecule has 3 rings (SSSR count). The van der Waals surface area contributed by atoms with Crippen LogP contribution in [0, 0.1) is 5.82 Å². The predicted molar refractivity (Wildman–Crippen MR) is 87.5 cm³/mol. The quantitative estimate of drug-likeness (QED) is 0.942. The minimum Gasteiger partial charge on any atom is -0.479 e. The van der Waals surface area contributed by atoms with Crippen LogP contribution in [0.3, 0.4) is 0 Å². The number of hydrogen-bond acceptors (Lipinski definition) is 3. The molecule has 2 aromatic carbocycles. The lowest BCUT2D eigenvalue weighted by molar-refractivity contribution is -0.125. The van der Waals surface area contributed by atoms with E-state index in [0.717, 1.165) is 5.56 Å². The number of amides is 2. The molecule has 1 unspecified atom stereocenters. The monoisotopic (exact) mass is 328 g/mol. The standard InChI is InChI=1S/C18H17FN2O3/c1-11-18(23)21(2)15-9-12(3-8-16(15)24-11)10-20-17(22)13-4-6-14(19)7-5-13/h3-9,11H,10H2,1-2H3,(H,20,22). The molecule has 0 radical (unpaired) electrons. The smallest absolute Gasteiger partial charge is 0.267 e. The van der Waals surface area contributed by atoms with Crippen LogP contribution in [-0.2, 0) is 11.3 Å². The maximum absolute atomic E-state index is 12.9. The summed E-state index contributed by atoms with van der Waals surface area (Å²) in [6, 6.07) is 10.8. The second-order valence-corrected chi connectivity index (χ2v) is 5.65. The van der Waals surface area contributed by atoms with Crippen LogP contribution in [0.15, 0.2) is 42.5 Å². The average Bonchev–Trinajstić information content (AvgIpc) is 2.58. The van der Waals surface area contributed by atoms with Gasteiger partial charge < -0.3 is 15.0 Å². The Balaban J connectivity index is 1.71. The van der Waals surface area contributed by atoms with Crippen LogP contribution in [0.2, 0.25) is 0 Å². The SMILES string of the molecule is CC1Oc2ccc(CNC(=O)c3ccc(F)cc3)cc2N(C)C1=O. The molecule has 0 spiro atoms. The van der Waals surface area contributed by atoms with Crippen molar-refractivity contribution in [2.24, 2.45) is 0 Å². The third-order valence-electron chi connectivity index (χ3n) is 3.93. The molecule has 24 heavy (non-hydrogen) atoms. The van der Waals surface area contributed by atoms with E-state index in [1.165, 1.54) is 24.3 Å². The zero-order valence-corrected chi connectivity index (χ0v) is 13.4. The third-order valence-corrected chi connectivity index (χ3v) is 3.93. The number of hydrogen-bond donors (Lipinski definition) is 1. The number of nitrogens with zero attached hydrogens (tertiary/aromatic N) is 1. The number of nitrogens with one attached hydrogen (secondary N) is 1. The molecule has 0 saturated heterocycles. The molecule has 2 amide bonds. The van der Waals surface area contributed by atoms with Crippen LogP contribution in [0.5, 0.6) is 5.75 Å². The fraction of sp³-hybridized carbons (Fsp3) is 0.222. The fourth-order valence-corrected chi connectivity index (χ4v) is 2.55. The number of likely N-dealkylation sites (N-methyl/N-ethyl adjacent to an activating group) is 1. The van der Waals surface area contributed by atoms with Gasteiger partial charge in [0.2, 0.25) is 0 Å². The second kappa shape index (κ2) is 6.31. The van der Waals surface area contributed by atoms with Crippen molar-refractivity contribution in [3.63, 3.8) is 0 Å². The van der Waals surface area contributed by atoms with Crippen LogP contribution in [0.1, 0.15) is 22.8 Å². The van der Waals surface area contributed by atoms with Crippen LogP contribution in [-0.4, -0.2) is 25.0 Å². The van der Waals surface area contributed by atoms with Gasteiger partial charge in [-0.3, -0.25) is 9.59 Å². The van der Waals surface area contributed by atoms with Crippen LogP contribution < -0.4 is 15.0 Å². The number of carbonyl (C=O) groups excluding carboxylic acids is 2. The van der Waals surface area contributed by atoms with Gasteiger partial charge >= 0.3 is 0 Å². The average molecular weight is 328 g/mol. The molecule has 124 valence electrons. The van der Waals surface area contributed by atoms with Crippen molar-refractivity contribution in [1.29, 1.82) is 0 Å². The molecule has 1 aliphatic heterocycles. The van der Waals surface area contributed by atoms with Gasteiger partial charge in [-0.25, -0.2) is 4.39 Å². The lowest BCUT2D eigenvalue weighted by Gasteiger charge is -2.30. The maximum Gasteiger partial charge on any atom is 0.267 e. The molecule has 0 aromatic heterocycles. The van der Waals surface area contributed by atoms with E-state index in [2.05, 4.69) is 5.32 Å². The Kier molecular flexibility index (Phi) is 4.20. The first-order chi connectivity index (χ1) is 11.5. The van der Waals surface area contributed by atoms with E-state index in [-0.39, 0.29) is 17.6 Å². The highest BCUT2D eigenvalue weighted by molar-refractivity contribution is 5.99. The Hall–Kier alpha value is -2.89. The van der Waals surface area contributed by atoms with Crippen LogP contribution in [0.4, 0.5) is 10.1 Å². The van der Waals surface area contributed by atoms with Gasteiger partial charge in [0.05, 0.1) is 5.69 Å². The zero-order chi connectivity index (χ0) is 17.3. The van der Waals surface area contributed by atoms with E-state index in [4.69, 9.17) is 4.74 Å². The summed E-state index contributed by atoms with van der Waals surface area (Å²) < 4.78 is 18.4. The minimum atomic E-state index is -0.508. The Labute approximate surface area is 139 Å². The van der Waals surface area contributed by atoms with Gasteiger partial charge in [0, 0.05) is 19.2 Å². The van der Waals surface area contributed by atoms with Gasteiger partial charge in [0.15, 0.2) is 6.10 Å². The van der Waals surface area contributed by atoms with Gasteiger partial charge in [-0.2, -0.15) is 0 Å². The number of halogens is 1. The Morgan fingerprint density at radius 1 is 1.25 bits per heavy atom. The van der Waals surface area contributed by atoms with E-state index >= 15 is 0 Å². The number of ether oxygens (including phenoxy) is 1. The first-order valence-corrected chi connectivity index (χ1v) is 7.56. The van der Waals surface area contributed by atoms with Crippen molar-refractivity contribution >= 4 is 17.5 Å². The third kappa shape index (κ3) is 3.08. The Morgan fingerprint density at radius 3 is 2.67 bits per heavy atom.